The highest BCUT2D eigenvalue weighted by atomic mass is 32.2. The van der Waals surface area contributed by atoms with Crippen LogP contribution < -0.4 is 0 Å². The number of halogens is 2. The molecular weight excluding hydrogens is 280 g/mol. The van der Waals surface area contributed by atoms with Gasteiger partial charge in [-0.3, -0.25) is 4.79 Å². The third-order valence-electron chi connectivity index (χ3n) is 2.24. The van der Waals surface area contributed by atoms with Crippen LogP contribution in [0.15, 0.2) is 23.1 Å². The van der Waals surface area contributed by atoms with Crippen LogP contribution in [0, 0.1) is 11.6 Å². The van der Waals surface area contributed by atoms with Crippen molar-refractivity contribution in [2.75, 3.05) is 20.2 Å². The average molecular weight is 293 g/mol. The molecule has 0 aliphatic rings. The summed E-state index contributed by atoms with van der Waals surface area (Å²) in [6, 6.07) is 2.71. The minimum atomic E-state index is -4.43. The Morgan fingerprint density at radius 3 is 2.32 bits per heavy atom. The van der Waals surface area contributed by atoms with E-state index in [4.69, 9.17) is 0 Å². The number of carbonyl (C=O) groups excluding carboxylic acids is 1. The van der Waals surface area contributed by atoms with Crippen LogP contribution in [-0.4, -0.2) is 38.9 Å². The van der Waals surface area contributed by atoms with Gasteiger partial charge < -0.3 is 4.74 Å². The highest BCUT2D eigenvalue weighted by Crippen LogP contribution is 2.21. The molecule has 0 bridgehead atoms. The van der Waals surface area contributed by atoms with E-state index in [-0.39, 0.29) is 6.61 Å². The Morgan fingerprint density at radius 1 is 1.32 bits per heavy atom. The summed E-state index contributed by atoms with van der Waals surface area (Å²) in [5.41, 5.74) is 0. The molecule has 0 fully saturated rings. The zero-order valence-electron chi connectivity index (χ0n) is 10.4. The normalized spacial score (nSPS) is 11.6. The first-order chi connectivity index (χ1) is 8.80. The number of sulfonamides is 1. The third-order valence-corrected chi connectivity index (χ3v) is 4.10. The fourth-order valence-electron chi connectivity index (χ4n) is 1.36. The van der Waals surface area contributed by atoms with Crippen LogP contribution in [-0.2, 0) is 19.6 Å². The lowest BCUT2D eigenvalue weighted by molar-refractivity contribution is -0.143. The molecule has 0 saturated carbocycles. The Balaban J connectivity index is 3.07. The molecule has 0 atom stereocenters. The topological polar surface area (TPSA) is 63.7 Å². The molecular formula is C11H13F2NO4S. The molecule has 1 aromatic rings. The maximum absolute atomic E-state index is 13.4. The van der Waals surface area contributed by atoms with Crippen molar-refractivity contribution < 1.29 is 26.7 Å². The van der Waals surface area contributed by atoms with Gasteiger partial charge in [0, 0.05) is 7.05 Å². The number of esters is 1. The summed E-state index contributed by atoms with van der Waals surface area (Å²) < 4.78 is 55.9. The van der Waals surface area contributed by atoms with Gasteiger partial charge >= 0.3 is 5.97 Å². The van der Waals surface area contributed by atoms with Gasteiger partial charge in [-0.15, -0.1) is 0 Å². The summed E-state index contributed by atoms with van der Waals surface area (Å²) >= 11 is 0. The first-order valence-corrected chi connectivity index (χ1v) is 6.80. The number of nitrogens with zero attached hydrogens (tertiary/aromatic N) is 1. The number of benzene rings is 1. The predicted molar refractivity (Wildman–Crippen MR) is 62.8 cm³/mol. The summed E-state index contributed by atoms with van der Waals surface area (Å²) in [4.78, 5) is 10.1. The largest absolute Gasteiger partial charge is 0.465 e. The van der Waals surface area contributed by atoms with E-state index in [0.29, 0.717) is 4.31 Å². The highest BCUT2D eigenvalue weighted by molar-refractivity contribution is 7.89. The molecule has 1 aromatic carbocycles. The van der Waals surface area contributed by atoms with Crippen LogP contribution in [0.5, 0.6) is 0 Å². The monoisotopic (exact) mass is 293 g/mol. The second kappa shape index (κ2) is 6.07. The van der Waals surface area contributed by atoms with E-state index in [0.717, 1.165) is 25.2 Å². The van der Waals surface area contributed by atoms with Crippen molar-refractivity contribution in [1.29, 1.82) is 0 Å². The van der Waals surface area contributed by atoms with Crippen molar-refractivity contribution in [3.63, 3.8) is 0 Å². The van der Waals surface area contributed by atoms with Crippen molar-refractivity contribution in [2.24, 2.45) is 0 Å². The lowest BCUT2D eigenvalue weighted by Gasteiger charge is -2.16. The first kappa shape index (κ1) is 15.5. The lowest BCUT2D eigenvalue weighted by atomic mass is 10.3. The number of hydrogen-bond donors (Lipinski definition) is 0. The molecule has 0 N–H and O–H groups in total. The highest BCUT2D eigenvalue weighted by Gasteiger charge is 2.29. The molecule has 0 aliphatic heterocycles. The van der Waals surface area contributed by atoms with E-state index in [1.807, 2.05) is 0 Å². The number of likely N-dealkylation sites (N-methyl/N-ethyl adjacent to an activating group) is 1. The van der Waals surface area contributed by atoms with Crippen LogP contribution >= 0.6 is 0 Å². The summed E-state index contributed by atoms with van der Waals surface area (Å²) in [7, 11) is -3.39. The molecule has 0 unspecified atom stereocenters. The second-order valence-corrected chi connectivity index (χ2v) is 5.60. The Kier molecular flexibility index (Phi) is 4.96. The number of ether oxygens (including phenoxy) is 1. The summed E-state index contributed by atoms with van der Waals surface area (Å²) in [6.45, 7) is 1.02. The summed E-state index contributed by atoms with van der Waals surface area (Å²) in [5.74, 6) is -3.23. The molecule has 0 heterocycles. The quantitative estimate of drug-likeness (QED) is 0.764. The van der Waals surface area contributed by atoms with E-state index in [9.17, 15) is 22.0 Å². The number of rotatable bonds is 5. The van der Waals surface area contributed by atoms with E-state index >= 15 is 0 Å². The SMILES string of the molecule is CCOC(=O)CN(C)S(=O)(=O)c1c(F)cccc1F. The zero-order valence-corrected chi connectivity index (χ0v) is 11.2. The van der Waals surface area contributed by atoms with E-state index in [1.165, 1.54) is 0 Å². The van der Waals surface area contributed by atoms with Crippen LogP contribution in [0.25, 0.3) is 0 Å². The molecule has 0 aromatic heterocycles. The fourth-order valence-corrected chi connectivity index (χ4v) is 2.57. The van der Waals surface area contributed by atoms with Gasteiger partial charge in [0.1, 0.15) is 18.2 Å². The minimum Gasteiger partial charge on any atom is -0.465 e. The van der Waals surface area contributed by atoms with Gasteiger partial charge in [0.15, 0.2) is 4.90 Å². The molecule has 5 nitrogen and oxygen atoms in total. The smallest absolute Gasteiger partial charge is 0.321 e. The molecule has 0 radical (unpaired) electrons. The van der Waals surface area contributed by atoms with Crippen molar-refractivity contribution in [3.05, 3.63) is 29.8 Å². The minimum absolute atomic E-state index is 0.0841. The Hall–Kier alpha value is -1.54. The summed E-state index contributed by atoms with van der Waals surface area (Å²) in [6.07, 6.45) is 0. The predicted octanol–water partition coefficient (Wildman–Crippen LogP) is 1.15. The molecule has 106 valence electrons. The number of carbonyl (C=O) groups is 1. The molecule has 19 heavy (non-hydrogen) atoms. The fraction of sp³-hybridized carbons (Fsp3) is 0.364. The Bertz CT molecular complexity index is 554. The third kappa shape index (κ3) is 3.48. The van der Waals surface area contributed by atoms with Crippen molar-refractivity contribution >= 4 is 16.0 Å². The van der Waals surface area contributed by atoms with E-state index < -0.39 is 39.1 Å². The lowest BCUT2D eigenvalue weighted by Crippen LogP contribution is -2.34. The molecule has 8 heteroatoms. The van der Waals surface area contributed by atoms with Crippen LogP contribution in [0.1, 0.15) is 6.92 Å². The Labute approximate surface area is 109 Å². The van der Waals surface area contributed by atoms with E-state index in [2.05, 4.69) is 4.74 Å². The van der Waals surface area contributed by atoms with Gasteiger partial charge in [-0.05, 0) is 19.1 Å². The number of hydrogen-bond acceptors (Lipinski definition) is 4. The van der Waals surface area contributed by atoms with Gasteiger partial charge in [-0.1, -0.05) is 6.07 Å². The van der Waals surface area contributed by atoms with Crippen LogP contribution in [0.2, 0.25) is 0 Å². The molecule has 1 rings (SSSR count). The molecule has 0 aliphatic carbocycles. The van der Waals surface area contributed by atoms with Crippen LogP contribution in [0.3, 0.4) is 0 Å². The zero-order chi connectivity index (χ0) is 14.6. The Morgan fingerprint density at radius 2 is 1.84 bits per heavy atom. The average Bonchev–Trinajstić information content (AvgIpc) is 2.28. The second-order valence-electron chi connectivity index (χ2n) is 3.62. The van der Waals surface area contributed by atoms with Gasteiger partial charge in [0.05, 0.1) is 6.61 Å². The van der Waals surface area contributed by atoms with Gasteiger partial charge in [0.25, 0.3) is 0 Å². The molecule has 0 saturated heterocycles. The van der Waals surface area contributed by atoms with Gasteiger partial charge in [0.2, 0.25) is 10.0 Å². The summed E-state index contributed by atoms with van der Waals surface area (Å²) in [5, 5.41) is 0. The maximum atomic E-state index is 13.4. The van der Waals surface area contributed by atoms with Crippen molar-refractivity contribution in [2.45, 2.75) is 11.8 Å². The standard InChI is InChI=1S/C11H13F2NO4S/c1-3-18-10(15)7-14(2)19(16,17)11-8(12)5-4-6-9(11)13/h4-6H,3,7H2,1-2H3. The molecule has 0 amide bonds. The molecule has 0 spiro atoms. The van der Waals surface area contributed by atoms with Crippen LogP contribution in [0.4, 0.5) is 8.78 Å². The van der Waals surface area contributed by atoms with Crippen molar-refractivity contribution in [1.82, 2.24) is 4.31 Å². The van der Waals surface area contributed by atoms with Gasteiger partial charge in [-0.25, -0.2) is 17.2 Å². The van der Waals surface area contributed by atoms with Gasteiger partial charge in [-0.2, -0.15) is 4.31 Å². The first-order valence-electron chi connectivity index (χ1n) is 5.36. The van der Waals surface area contributed by atoms with E-state index in [1.54, 1.807) is 6.92 Å². The maximum Gasteiger partial charge on any atom is 0.321 e. The van der Waals surface area contributed by atoms with Crippen molar-refractivity contribution in [3.8, 4) is 0 Å².